The summed E-state index contributed by atoms with van der Waals surface area (Å²) in [7, 11) is 0. The first-order valence-corrected chi connectivity index (χ1v) is 5.79. The van der Waals surface area contributed by atoms with E-state index in [1.807, 2.05) is 0 Å². The van der Waals surface area contributed by atoms with Crippen LogP contribution in [0.4, 0.5) is 0 Å². The third-order valence-corrected chi connectivity index (χ3v) is 1.68. The van der Waals surface area contributed by atoms with Crippen molar-refractivity contribution in [2.75, 3.05) is 26.4 Å². The van der Waals surface area contributed by atoms with E-state index in [9.17, 15) is 0 Å². The van der Waals surface area contributed by atoms with Gasteiger partial charge in [0.25, 0.3) is 0 Å². The van der Waals surface area contributed by atoms with Crippen LogP contribution in [0.1, 0.15) is 0 Å². The van der Waals surface area contributed by atoms with Crippen molar-refractivity contribution >= 4 is 0 Å². The van der Waals surface area contributed by atoms with E-state index in [2.05, 4.69) is 3.32 Å². The van der Waals surface area contributed by atoms with Crippen LogP contribution in [0.25, 0.3) is 0 Å². The monoisotopic (exact) mass is 204 g/mol. The van der Waals surface area contributed by atoms with E-state index in [4.69, 9.17) is 20.9 Å². The maximum absolute atomic E-state index is 8.35. The van der Waals surface area contributed by atoms with Gasteiger partial charge in [0, 0.05) is 0 Å². The van der Waals surface area contributed by atoms with Crippen LogP contribution < -0.4 is 0 Å². The summed E-state index contributed by atoms with van der Waals surface area (Å²) in [6, 6.07) is 0. The Hall–Kier alpha value is 0.474. The molecule has 0 heterocycles. The summed E-state index contributed by atoms with van der Waals surface area (Å²) < 4.78 is 34.0. The van der Waals surface area contributed by atoms with Crippen molar-refractivity contribution in [3.05, 3.63) is 0 Å². The molecule has 0 bridgehead atoms. The molecule has 7 heteroatoms. The summed E-state index contributed by atoms with van der Waals surface area (Å²) in [6.07, 6.45) is 0. The van der Waals surface area contributed by atoms with Gasteiger partial charge in [0.2, 0.25) is 0 Å². The second-order valence-corrected chi connectivity index (χ2v) is 4.00. The quantitative estimate of drug-likeness (QED) is 0.289. The van der Waals surface area contributed by atoms with Crippen molar-refractivity contribution in [3.8, 4) is 0 Å². The van der Waals surface area contributed by atoms with Crippen LogP contribution in [0.3, 0.4) is 0 Å². The molecular formula is C4H12O6Ti. The topological polar surface area (TPSA) is 99.4 Å². The van der Waals surface area contributed by atoms with E-state index in [0.717, 1.165) is 0 Å². The minimum atomic E-state index is -4.80. The summed E-state index contributed by atoms with van der Waals surface area (Å²) in [6.45, 7) is 0.119. The molecule has 0 aliphatic heterocycles. The average molecular weight is 204 g/mol. The van der Waals surface area contributed by atoms with Crippen LogP contribution in [-0.2, 0) is 26.2 Å². The third kappa shape index (κ3) is 10.5. The normalized spacial score (nSPS) is 12.0. The molecule has 0 radical (unpaired) electrons. The van der Waals surface area contributed by atoms with Gasteiger partial charge in [-0.1, -0.05) is 0 Å². The molecule has 0 aliphatic rings. The first-order chi connectivity index (χ1) is 5.06. The zero-order chi connectivity index (χ0) is 8.74. The van der Waals surface area contributed by atoms with Crippen LogP contribution >= 0.6 is 0 Å². The van der Waals surface area contributed by atoms with E-state index in [0.29, 0.717) is 0 Å². The van der Waals surface area contributed by atoms with Crippen LogP contribution in [0.15, 0.2) is 0 Å². The van der Waals surface area contributed by atoms with Crippen molar-refractivity contribution < 1.29 is 42.4 Å². The number of ether oxygens (including phenoxy) is 1. The van der Waals surface area contributed by atoms with E-state index in [1.54, 1.807) is 0 Å². The summed E-state index contributed by atoms with van der Waals surface area (Å²) in [5.74, 6) is 0. The van der Waals surface area contributed by atoms with Gasteiger partial charge in [-0.3, -0.25) is 0 Å². The molecule has 0 rings (SSSR count). The third-order valence-electron chi connectivity index (χ3n) is 0.759. The number of rotatable bonds is 6. The average Bonchev–Trinajstić information content (AvgIpc) is 1.85. The van der Waals surface area contributed by atoms with Gasteiger partial charge in [-0.2, -0.15) is 0 Å². The molecule has 0 saturated heterocycles. The Balaban J connectivity index is 3.02. The number of aliphatic hydroxyl groups excluding tert-OH is 1. The zero-order valence-corrected chi connectivity index (χ0v) is 7.50. The molecule has 0 fully saturated rings. The fourth-order valence-corrected chi connectivity index (χ4v) is 0.962. The molecule has 0 spiro atoms. The number of aliphatic hydroxyl groups is 1. The van der Waals surface area contributed by atoms with Crippen molar-refractivity contribution in [3.63, 3.8) is 0 Å². The first-order valence-electron chi connectivity index (χ1n) is 3.06. The first kappa shape index (κ1) is 11.5. The fourth-order valence-electron chi connectivity index (χ4n) is 0.404. The molecule has 0 aliphatic carbocycles. The van der Waals surface area contributed by atoms with Crippen molar-refractivity contribution in [2.24, 2.45) is 0 Å². The summed E-state index contributed by atoms with van der Waals surface area (Å²) >= 11 is -4.80. The van der Waals surface area contributed by atoms with E-state index < -0.39 is 18.1 Å². The molecule has 0 amide bonds. The van der Waals surface area contributed by atoms with Gasteiger partial charge in [0.15, 0.2) is 0 Å². The van der Waals surface area contributed by atoms with Gasteiger partial charge in [-0.15, -0.1) is 0 Å². The summed E-state index contributed by atoms with van der Waals surface area (Å²) in [5.41, 5.74) is 0. The molecule has 6 nitrogen and oxygen atoms in total. The molecule has 0 aromatic carbocycles. The molecule has 0 aromatic rings. The molecule has 0 aromatic heterocycles. The van der Waals surface area contributed by atoms with Gasteiger partial charge in [-0.25, -0.2) is 0 Å². The van der Waals surface area contributed by atoms with Gasteiger partial charge >= 0.3 is 68.8 Å². The minimum absolute atomic E-state index is 0.0799. The summed E-state index contributed by atoms with van der Waals surface area (Å²) in [5, 5.41) is 8.22. The SMILES string of the molecule is OCCOCC[O][Ti]([OH])([OH])[OH]. The van der Waals surface area contributed by atoms with Crippen molar-refractivity contribution in [1.82, 2.24) is 0 Å². The summed E-state index contributed by atoms with van der Waals surface area (Å²) in [4.78, 5) is 0. The molecule has 11 heavy (non-hydrogen) atoms. The Labute approximate surface area is 69.3 Å². The van der Waals surface area contributed by atoms with Crippen LogP contribution in [0.5, 0.6) is 0 Å². The van der Waals surface area contributed by atoms with Crippen LogP contribution in [0, 0.1) is 0 Å². The van der Waals surface area contributed by atoms with Gasteiger partial charge < -0.3 is 0 Å². The predicted molar refractivity (Wildman–Crippen MR) is 30.5 cm³/mol. The second kappa shape index (κ2) is 6.04. The molecular weight excluding hydrogens is 192 g/mol. The van der Waals surface area contributed by atoms with E-state index in [1.165, 1.54) is 0 Å². The van der Waals surface area contributed by atoms with E-state index >= 15 is 0 Å². The Kier molecular flexibility index (Phi) is 6.30. The van der Waals surface area contributed by atoms with Crippen molar-refractivity contribution in [2.45, 2.75) is 0 Å². The molecule has 0 unspecified atom stereocenters. The zero-order valence-electron chi connectivity index (χ0n) is 5.93. The second-order valence-electron chi connectivity index (χ2n) is 1.76. The van der Waals surface area contributed by atoms with Gasteiger partial charge in [0.05, 0.1) is 0 Å². The van der Waals surface area contributed by atoms with Crippen LogP contribution in [-0.4, -0.2) is 42.6 Å². The molecule has 0 saturated carbocycles. The van der Waals surface area contributed by atoms with Crippen molar-refractivity contribution in [1.29, 1.82) is 0 Å². The Morgan fingerprint density at radius 2 is 1.64 bits per heavy atom. The fraction of sp³-hybridized carbons (Fsp3) is 1.00. The van der Waals surface area contributed by atoms with Gasteiger partial charge in [0.1, 0.15) is 0 Å². The Bertz CT molecular complexity index is 91.1. The Morgan fingerprint density at radius 3 is 2.09 bits per heavy atom. The number of hydrogen-bond acceptors (Lipinski definition) is 6. The van der Waals surface area contributed by atoms with E-state index in [-0.39, 0.29) is 26.4 Å². The molecule has 0 atom stereocenters. The Morgan fingerprint density at radius 1 is 1.00 bits per heavy atom. The molecule has 4 N–H and O–H groups in total. The maximum atomic E-state index is 8.35. The van der Waals surface area contributed by atoms with Crippen LogP contribution in [0.2, 0.25) is 0 Å². The van der Waals surface area contributed by atoms with Gasteiger partial charge in [-0.05, 0) is 0 Å². The predicted octanol–water partition coefficient (Wildman–Crippen LogP) is -2.20. The molecule has 68 valence electrons. The standard InChI is InChI=1S/C4H9O3.3H2O.Ti/c5-1-3-7-4-2-6;;;;/h5H,1-4H2;3*1H2;/q-1;;;;+4/p-3. The number of hydrogen-bond donors (Lipinski definition) is 4.